The third-order valence-corrected chi connectivity index (χ3v) is 4.28. The fraction of sp³-hybridized carbons (Fsp3) is 0.611. The highest BCUT2D eigenvalue weighted by molar-refractivity contribution is 5.95. The highest BCUT2D eigenvalue weighted by atomic mass is 16.1. The maximum absolute atomic E-state index is 12.2. The standard InChI is InChI=1S/C18H28N2O/c1-13-5-6-17(16(4)10-13)18(21)19-7-8-20-11-14(2)9-15(3)12-20/h5-6,10,14-15H,7-9,11-12H2,1-4H3,(H,19,21)/t14-,15-/m1/s1. The lowest BCUT2D eigenvalue weighted by Crippen LogP contribution is -2.42. The minimum Gasteiger partial charge on any atom is -0.351 e. The Morgan fingerprint density at radius 3 is 2.52 bits per heavy atom. The molecule has 2 rings (SSSR count). The molecule has 1 aromatic rings. The predicted octanol–water partition coefficient (Wildman–Crippen LogP) is 3.01. The van der Waals surface area contributed by atoms with Crippen molar-refractivity contribution in [3.8, 4) is 0 Å². The molecule has 1 saturated heterocycles. The topological polar surface area (TPSA) is 32.3 Å². The summed E-state index contributed by atoms with van der Waals surface area (Å²) in [6.45, 7) is 12.7. The lowest BCUT2D eigenvalue weighted by molar-refractivity contribution is 0.0936. The van der Waals surface area contributed by atoms with Crippen molar-refractivity contribution in [2.75, 3.05) is 26.2 Å². The molecule has 0 radical (unpaired) electrons. The molecule has 1 fully saturated rings. The van der Waals surface area contributed by atoms with Gasteiger partial charge < -0.3 is 10.2 Å². The van der Waals surface area contributed by atoms with E-state index in [9.17, 15) is 4.79 Å². The van der Waals surface area contributed by atoms with Crippen LogP contribution in [-0.4, -0.2) is 37.0 Å². The third-order valence-electron chi connectivity index (χ3n) is 4.28. The van der Waals surface area contributed by atoms with Crippen LogP contribution in [0.15, 0.2) is 18.2 Å². The Bertz CT molecular complexity index is 488. The quantitative estimate of drug-likeness (QED) is 0.923. The summed E-state index contributed by atoms with van der Waals surface area (Å²) >= 11 is 0. The largest absolute Gasteiger partial charge is 0.351 e. The molecule has 1 heterocycles. The van der Waals surface area contributed by atoms with Crippen molar-refractivity contribution >= 4 is 5.91 Å². The normalized spacial score (nSPS) is 23.0. The van der Waals surface area contributed by atoms with Crippen LogP contribution in [0.2, 0.25) is 0 Å². The molecule has 0 aliphatic carbocycles. The number of benzene rings is 1. The van der Waals surface area contributed by atoms with E-state index in [1.54, 1.807) is 0 Å². The Morgan fingerprint density at radius 2 is 1.90 bits per heavy atom. The zero-order valence-electron chi connectivity index (χ0n) is 13.8. The number of amides is 1. The maximum atomic E-state index is 12.2. The van der Waals surface area contributed by atoms with Crippen LogP contribution in [0.1, 0.15) is 41.8 Å². The SMILES string of the molecule is Cc1ccc(C(=O)NCCN2C[C@H](C)C[C@@H](C)C2)c(C)c1. The number of nitrogens with zero attached hydrogens (tertiary/aromatic N) is 1. The van der Waals surface area contributed by atoms with Crippen LogP contribution in [0.3, 0.4) is 0 Å². The number of carbonyl (C=O) groups is 1. The lowest BCUT2D eigenvalue weighted by Gasteiger charge is -2.34. The molecule has 0 bridgehead atoms. The summed E-state index contributed by atoms with van der Waals surface area (Å²) in [7, 11) is 0. The van der Waals surface area contributed by atoms with Gasteiger partial charge in [0.05, 0.1) is 0 Å². The number of nitrogens with one attached hydrogen (secondary N) is 1. The minimum absolute atomic E-state index is 0.0469. The van der Waals surface area contributed by atoms with E-state index in [0.29, 0.717) is 0 Å². The molecule has 2 atom stereocenters. The molecule has 0 unspecified atom stereocenters. The van der Waals surface area contributed by atoms with E-state index in [0.717, 1.165) is 49.1 Å². The maximum Gasteiger partial charge on any atom is 0.251 e. The Kier molecular flexibility index (Phi) is 5.40. The second-order valence-corrected chi connectivity index (χ2v) is 6.78. The van der Waals surface area contributed by atoms with E-state index in [1.807, 2.05) is 26.0 Å². The van der Waals surface area contributed by atoms with Crippen molar-refractivity contribution < 1.29 is 4.79 Å². The Morgan fingerprint density at radius 1 is 1.24 bits per heavy atom. The molecular formula is C18H28N2O. The number of piperidine rings is 1. The summed E-state index contributed by atoms with van der Waals surface area (Å²) in [6.07, 6.45) is 1.32. The summed E-state index contributed by atoms with van der Waals surface area (Å²) < 4.78 is 0. The third kappa shape index (κ3) is 4.57. The van der Waals surface area contributed by atoms with Crippen molar-refractivity contribution in [3.05, 3.63) is 34.9 Å². The monoisotopic (exact) mass is 288 g/mol. The summed E-state index contributed by atoms with van der Waals surface area (Å²) in [6, 6.07) is 5.98. The highest BCUT2D eigenvalue weighted by Crippen LogP contribution is 2.20. The number of carbonyl (C=O) groups excluding carboxylic acids is 1. The van der Waals surface area contributed by atoms with Gasteiger partial charge in [0.25, 0.3) is 5.91 Å². The predicted molar refractivity (Wildman–Crippen MR) is 87.6 cm³/mol. The van der Waals surface area contributed by atoms with Gasteiger partial charge in [0, 0.05) is 31.7 Å². The first-order valence-electron chi connectivity index (χ1n) is 8.03. The zero-order valence-corrected chi connectivity index (χ0v) is 13.8. The molecule has 1 aliphatic rings. The number of hydrogen-bond acceptors (Lipinski definition) is 2. The van der Waals surface area contributed by atoms with E-state index in [-0.39, 0.29) is 5.91 Å². The van der Waals surface area contributed by atoms with Crippen molar-refractivity contribution in [3.63, 3.8) is 0 Å². The molecule has 3 nitrogen and oxygen atoms in total. The second kappa shape index (κ2) is 7.08. The second-order valence-electron chi connectivity index (χ2n) is 6.78. The first kappa shape index (κ1) is 16.0. The van der Waals surface area contributed by atoms with Gasteiger partial charge in [-0.1, -0.05) is 31.5 Å². The van der Waals surface area contributed by atoms with Crippen LogP contribution in [0.5, 0.6) is 0 Å². The fourth-order valence-corrected chi connectivity index (χ4v) is 3.47. The van der Waals surface area contributed by atoms with Crippen LogP contribution in [-0.2, 0) is 0 Å². The molecule has 116 valence electrons. The molecule has 1 aromatic carbocycles. The van der Waals surface area contributed by atoms with Gasteiger partial charge in [0.15, 0.2) is 0 Å². The van der Waals surface area contributed by atoms with Crippen molar-refractivity contribution in [2.24, 2.45) is 11.8 Å². The first-order chi connectivity index (χ1) is 9.95. The molecule has 3 heteroatoms. The number of aryl methyl sites for hydroxylation is 2. The van der Waals surface area contributed by atoms with Gasteiger partial charge in [-0.05, 0) is 43.7 Å². The molecule has 21 heavy (non-hydrogen) atoms. The Hall–Kier alpha value is -1.35. The van der Waals surface area contributed by atoms with Crippen LogP contribution >= 0.6 is 0 Å². The van der Waals surface area contributed by atoms with Crippen LogP contribution < -0.4 is 5.32 Å². The Labute approximate surface area is 128 Å². The van der Waals surface area contributed by atoms with Crippen molar-refractivity contribution in [1.82, 2.24) is 10.2 Å². The molecule has 1 amide bonds. The fourth-order valence-electron chi connectivity index (χ4n) is 3.47. The van der Waals surface area contributed by atoms with Crippen molar-refractivity contribution in [1.29, 1.82) is 0 Å². The van der Waals surface area contributed by atoms with Gasteiger partial charge in [-0.15, -0.1) is 0 Å². The molecule has 1 N–H and O–H groups in total. The van der Waals surface area contributed by atoms with Gasteiger partial charge in [-0.25, -0.2) is 0 Å². The molecular weight excluding hydrogens is 260 g/mol. The number of rotatable bonds is 4. The van der Waals surface area contributed by atoms with Crippen molar-refractivity contribution in [2.45, 2.75) is 34.1 Å². The zero-order chi connectivity index (χ0) is 15.4. The smallest absolute Gasteiger partial charge is 0.251 e. The van der Waals surface area contributed by atoms with Gasteiger partial charge in [0.2, 0.25) is 0 Å². The van der Waals surface area contributed by atoms with Crippen LogP contribution in [0.25, 0.3) is 0 Å². The first-order valence-corrected chi connectivity index (χ1v) is 8.03. The number of likely N-dealkylation sites (tertiary alicyclic amines) is 1. The summed E-state index contributed by atoms with van der Waals surface area (Å²) in [5.74, 6) is 1.58. The molecule has 0 saturated carbocycles. The summed E-state index contributed by atoms with van der Waals surface area (Å²) in [4.78, 5) is 14.7. The van der Waals surface area contributed by atoms with E-state index in [1.165, 1.54) is 12.0 Å². The van der Waals surface area contributed by atoms with Gasteiger partial charge in [-0.3, -0.25) is 4.79 Å². The molecule has 1 aliphatic heterocycles. The summed E-state index contributed by atoms with van der Waals surface area (Å²) in [5.41, 5.74) is 3.04. The van der Waals surface area contributed by atoms with Crippen LogP contribution in [0, 0.1) is 25.7 Å². The molecule has 0 aromatic heterocycles. The van der Waals surface area contributed by atoms with Gasteiger partial charge in [-0.2, -0.15) is 0 Å². The highest BCUT2D eigenvalue weighted by Gasteiger charge is 2.21. The van der Waals surface area contributed by atoms with E-state index in [2.05, 4.69) is 30.1 Å². The average Bonchev–Trinajstić information content (AvgIpc) is 2.37. The Balaban J connectivity index is 1.81. The average molecular weight is 288 g/mol. The van der Waals surface area contributed by atoms with Gasteiger partial charge >= 0.3 is 0 Å². The van der Waals surface area contributed by atoms with Crippen LogP contribution in [0.4, 0.5) is 0 Å². The van der Waals surface area contributed by atoms with E-state index < -0.39 is 0 Å². The summed E-state index contributed by atoms with van der Waals surface area (Å²) in [5, 5.41) is 3.06. The van der Waals surface area contributed by atoms with E-state index >= 15 is 0 Å². The minimum atomic E-state index is 0.0469. The molecule has 0 spiro atoms. The lowest BCUT2D eigenvalue weighted by atomic mass is 9.92. The van der Waals surface area contributed by atoms with Gasteiger partial charge in [0.1, 0.15) is 0 Å². The van der Waals surface area contributed by atoms with E-state index in [4.69, 9.17) is 0 Å². The number of hydrogen-bond donors (Lipinski definition) is 1.